The summed E-state index contributed by atoms with van der Waals surface area (Å²) in [5, 5.41) is 13.1. The lowest BCUT2D eigenvalue weighted by atomic mass is 10.1. The largest absolute Gasteiger partial charge is 0.481 e. The number of aryl methyl sites for hydroxylation is 2. The molecule has 2 rings (SSSR count). The van der Waals surface area contributed by atoms with Crippen LogP contribution in [0.25, 0.3) is 11.3 Å². The molecule has 0 unspecified atom stereocenters. The Balaban J connectivity index is 1.85. The molecule has 0 spiro atoms. The smallest absolute Gasteiger partial charge is 0.303 e. The zero-order valence-corrected chi connectivity index (χ0v) is 14.1. The van der Waals surface area contributed by atoms with E-state index in [9.17, 15) is 9.59 Å². The highest BCUT2D eigenvalue weighted by molar-refractivity contribution is 5.80. The van der Waals surface area contributed by atoms with E-state index in [4.69, 9.17) is 5.11 Å². The van der Waals surface area contributed by atoms with Crippen molar-refractivity contribution >= 4 is 11.9 Å². The van der Waals surface area contributed by atoms with E-state index in [2.05, 4.69) is 23.3 Å². The molecule has 0 saturated carbocycles. The van der Waals surface area contributed by atoms with E-state index >= 15 is 0 Å². The van der Waals surface area contributed by atoms with Gasteiger partial charge in [0.1, 0.15) is 0 Å². The van der Waals surface area contributed by atoms with Crippen molar-refractivity contribution in [3.05, 3.63) is 42.1 Å². The molecule has 6 nitrogen and oxygen atoms in total. The van der Waals surface area contributed by atoms with Gasteiger partial charge in [0.25, 0.3) is 0 Å². The molecule has 0 fully saturated rings. The maximum absolute atomic E-state index is 11.8. The first-order valence-corrected chi connectivity index (χ1v) is 8.01. The molecule has 0 bridgehead atoms. The van der Waals surface area contributed by atoms with Gasteiger partial charge in [-0.05, 0) is 24.5 Å². The molecule has 2 aromatic rings. The minimum atomic E-state index is -0.946. The van der Waals surface area contributed by atoms with Crippen molar-refractivity contribution < 1.29 is 14.7 Å². The average molecular weight is 329 g/mol. The van der Waals surface area contributed by atoms with Crippen LogP contribution in [0, 0.1) is 0 Å². The van der Waals surface area contributed by atoms with Crippen LogP contribution in [-0.4, -0.2) is 45.3 Å². The summed E-state index contributed by atoms with van der Waals surface area (Å²) in [6, 6.07) is 12.2. The zero-order valence-electron chi connectivity index (χ0n) is 14.1. The van der Waals surface area contributed by atoms with Crippen molar-refractivity contribution in [2.75, 3.05) is 13.6 Å². The third kappa shape index (κ3) is 4.94. The predicted octanol–water partition coefficient (Wildman–Crippen LogP) is 2.34. The van der Waals surface area contributed by atoms with Gasteiger partial charge in [-0.25, -0.2) is 0 Å². The minimum Gasteiger partial charge on any atom is -0.481 e. The van der Waals surface area contributed by atoms with E-state index in [0.29, 0.717) is 6.54 Å². The van der Waals surface area contributed by atoms with Crippen LogP contribution in [0.15, 0.2) is 36.4 Å². The number of carbonyl (C=O) groups excluding carboxylic acids is 1. The fraction of sp³-hybridized carbons (Fsp3) is 0.389. The van der Waals surface area contributed by atoms with Crippen LogP contribution in [0.5, 0.6) is 0 Å². The number of nitrogens with zero attached hydrogens (tertiary/aromatic N) is 3. The summed E-state index contributed by atoms with van der Waals surface area (Å²) in [4.78, 5) is 23.9. The summed E-state index contributed by atoms with van der Waals surface area (Å²) in [6.07, 6.45) is 1.50. The van der Waals surface area contributed by atoms with Crippen LogP contribution in [0.3, 0.4) is 0 Å². The van der Waals surface area contributed by atoms with E-state index in [0.717, 1.165) is 29.8 Å². The van der Waals surface area contributed by atoms with Gasteiger partial charge in [0, 0.05) is 27.1 Å². The third-order valence-corrected chi connectivity index (χ3v) is 3.90. The highest BCUT2D eigenvalue weighted by atomic mass is 16.4. The van der Waals surface area contributed by atoms with Crippen molar-refractivity contribution in [2.24, 2.45) is 7.05 Å². The molecule has 0 aliphatic rings. The zero-order chi connectivity index (χ0) is 17.5. The predicted molar refractivity (Wildman–Crippen MR) is 91.5 cm³/mol. The van der Waals surface area contributed by atoms with Crippen molar-refractivity contribution in [1.29, 1.82) is 0 Å². The number of carboxylic acids is 1. The van der Waals surface area contributed by atoms with E-state index in [1.54, 1.807) is 11.9 Å². The summed E-state index contributed by atoms with van der Waals surface area (Å²) in [5.74, 6) is -1.08. The van der Waals surface area contributed by atoms with Gasteiger partial charge in [0.15, 0.2) is 0 Å². The van der Waals surface area contributed by atoms with Gasteiger partial charge >= 0.3 is 5.97 Å². The molecule has 0 atom stereocenters. The third-order valence-electron chi connectivity index (χ3n) is 3.90. The van der Waals surface area contributed by atoms with Crippen molar-refractivity contribution in [3.63, 3.8) is 0 Å². The van der Waals surface area contributed by atoms with Crippen molar-refractivity contribution in [3.8, 4) is 11.3 Å². The number of benzene rings is 1. The van der Waals surface area contributed by atoms with E-state index in [1.165, 1.54) is 0 Å². The second kappa shape index (κ2) is 8.29. The molecule has 0 aliphatic carbocycles. The average Bonchev–Trinajstić information content (AvgIpc) is 2.94. The normalized spacial score (nSPS) is 10.6. The Morgan fingerprint density at radius 3 is 2.58 bits per heavy atom. The number of rotatable bonds is 8. The highest BCUT2D eigenvalue weighted by Crippen LogP contribution is 2.19. The molecule has 0 saturated heterocycles. The number of carboxylic acid groups (broad SMARTS) is 1. The quantitative estimate of drug-likeness (QED) is 0.806. The van der Waals surface area contributed by atoms with Crippen LogP contribution < -0.4 is 0 Å². The Morgan fingerprint density at radius 2 is 1.92 bits per heavy atom. The maximum atomic E-state index is 11.8. The van der Waals surface area contributed by atoms with Gasteiger partial charge in [-0.1, -0.05) is 30.3 Å². The molecule has 1 aromatic carbocycles. The van der Waals surface area contributed by atoms with Crippen molar-refractivity contribution in [1.82, 2.24) is 14.7 Å². The number of hydrogen-bond acceptors (Lipinski definition) is 3. The van der Waals surface area contributed by atoms with E-state index < -0.39 is 5.97 Å². The Bertz CT molecular complexity index is 695. The lowest BCUT2D eigenvalue weighted by molar-refractivity contribution is -0.140. The van der Waals surface area contributed by atoms with Gasteiger partial charge in [0.2, 0.25) is 5.91 Å². The van der Waals surface area contributed by atoms with E-state index in [1.807, 2.05) is 29.9 Å². The summed E-state index contributed by atoms with van der Waals surface area (Å²) in [5.41, 5.74) is 3.18. The lowest BCUT2D eigenvalue weighted by Crippen LogP contribution is -2.28. The molecule has 128 valence electrons. The number of aromatic nitrogens is 2. The SMILES string of the molecule is CN(CCCc1cc(-c2ccccc2)n(C)n1)C(=O)CCC(=O)O. The maximum Gasteiger partial charge on any atom is 0.303 e. The summed E-state index contributed by atoms with van der Waals surface area (Å²) >= 11 is 0. The molecule has 0 radical (unpaired) electrons. The molecule has 1 aromatic heterocycles. The van der Waals surface area contributed by atoms with Crippen LogP contribution in [0.4, 0.5) is 0 Å². The standard InChI is InChI=1S/C18H23N3O3/c1-20(17(22)10-11-18(23)24)12-6-9-15-13-16(21(2)19-15)14-7-4-3-5-8-14/h3-5,7-8,13H,6,9-12H2,1-2H3,(H,23,24). The topological polar surface area (TPSA) is 75.4 Å². The first-order chi connectivity index (χ1) is 11.5. The second-order valence-corrected chi connectivity index (χ2v) is 5.82. The number of aliphatic carboxylic acids is 1. The number of amides is 1. The van der Waals surface area contributed by atoms with Crippen LogP contribution in [0.1, 0.15) is 25.0 Å². The van der Waals surface area contributed by atoms with Crippen molar-refractivity contribution in [2.45, 2.75) is 25.7 Å². The Kier molecular flexibility index (Phi) is 6.12. The first-order valence-electron chi connectivity index (χ1n) is 8.01. The van der Waals surface area contributed by atoms with Crippen LogP contribution >= 0.6 is 0 Å². The summed E-state index contributed by atoms with van der Waals surface area (Å²) in [6.45, 7) is 0.593. The first kappa shape index (κ1) is 17.7. The fourth-order valence-electron chi connectivity index (χ4n) is 2.55. The van der Waals surface area contributed by atoms with Gasteiger partial charge in [-0.15, -0.1) is 0 Å². The molecular formula is C18H23N3O3. The number of carbonyl (C=O) groups is 2. The van der Waals surface area contributed by atoms with E-state index in [-0.39, 0.29) is 18.7 Å². The molecule has 0 aliphatic heterocycles. The second-order valence-electron chi connectivity index (χ2n) is 5.82. The molecule has 24 heavy (non-hydrogen) atoms. The fourth-order valence-corrected chi connectivity index (χ4v) is 2.55. The van der Waals surface area contributed by atoms with Crippen LogP contribution in [0.2, 0.25) is 0 Å². The molecule has 1 N–H and O–H groups in total. The van der Waals surface area contributed by atoms with Crippen LogP contribution in [-0.2, 0) is 23.1 Å². The number of hydrogen-bond donors (Lipinski definition) is 1. The Morgan fingerprint density at radius 1 is 1.21 bits per heavy atom. The Hall–Kier alpha value is -2.63. The Labute approximate surface area is 141 Å². The highest BCUT2D eigenvalue weighted by Gasteiger charge is 2.11. The monoisotopic (exact) mass is 329 g/mol. The van der Waals surface area contributed by atoms with Gasteiger partial charge in [0.05, 0.1) is 17.8 Å². The van der Waals surface area contributed by atoms with Gasteiger partial charge in [-0.3, -0.25) is 14.3 Å². The molecular weight excluding hydrogens is 306 g/mol. The molecule has 1 amide bonds. The van der Waals surface area contributed by atoms with Gasteiger partial charge < -0.3 is 10.0 Å². The summed E-state index contributed by atoms with van der Waals surface area (Å²) in [7, 11) is 3.63. The molecule has 1 heterocycles. The molecule has 6 heteroatoms. The lowest BCUT2D eigenvalue weighted by Gasteiger charge is -2.16. The minimum absolute atomic E-state index is 0.0492. The van der Waals surface area contributed by atoms with Gasteiger partial charge in [-0.2, -0.15) is 5.10 Å². The summed E-state index contributed by atoms with van der Waals surface area (Å²) < 4.78 is 1.87.